The highest BCUT2D eigenvalue weighted by atomic mass is 32.2. The Balaban J connectivity index is 1.09. The predicted molar refractivity (Wildman–Crippen MR) is 163 cm³/mol. The number of hydrogen-bond donors (Lipinski definition) is 2. The maximum atomic E-state index is 12.3. The van der Waals surface area contributed by atoms with E-state index in [0.717, 1.165) is 23.3 Å². The highest BCUT2D eigenvalue weighted by molar-refractivity contribution is 7.75. The number of anilines is 1. The van der Waals surface area contributed by atoms with E-state index < -0.39 is 23.9 Å². The van der Waals surface area contributed by atoms with Crippen molar-refractivity contribution in [1.82, 2.24) is 19.8 Å². The van der Waals surface area contributed by atoms with E-state index >= 15 is 0 Å². The van der Waals surface area contributed by atoms with Crippen LogP contribution in [0.25, 0.3) is 17.0 Å². The van der Waals surface area contributed by atoms with Gasteiger partial charge in [-0.2, -0.15) is 8.84 Å². The standard InChI is InChI=1S/C31H41N5O4S/c1-3-4-5-6-7-8-9-10-11-12-13-25-14-20-28(21-15-25)40-41(38)39-23-30(37)32-27-18-16-26(17-19-27)31-33-29-22-24(2)34-36(29)35-31/h14-22,34H,3-13,23H2,1-2H3,(H,32,37). The Morgan fingerprint density at radius 1 is 0.927 bits per heavy atom. The van der Waals surface area contributed by atoms with Gasteiger partial charge in [0.15, 0.2) is 11.5 Å². The van der Waals surface area contributed by atoms with Crippen LogP contribution in [0.2, 0.25) is 0 Å². The molecule has 1 amide bonds. The van der Waals surface area contributed by atoms with Crippen molar-refractivity contribution < 1.29 is 17.4 Å². The average Bonchev–Trinajstić information content (AvgIpc) is 3.52. The molecule has 2 N–H and O–H groups in total. The Labute approximate surface area is 244 Å². The first-order valence-electron chi connectivity index (χ1n) is 14.6. The quantitative estimate of drug-likeness (QED) is 0.122. The lowest BCUT2D eigenvalue weighted by Crippen LogP contribution is -2.20. The first-order chi connectivity index (χ1) is 20.0. The van der Waals surface area contributed by atoms with Gasteiger partial charge in [0.2, 0.25) is 0 Å². The van der Waals surface area contributed by atoms with Crippen molar-refractivity contribution in [2.75, 3.05) is 11.9 Å². The lowest BCUT2D eigenvalue weighted by molar-refractivity contribution is -0.118. The second kappa shape index (κ2) is 16.1. The van der Waals surface area contributed by atoms with Crippen LogP contribution in [0, 0.1) is 6.92 Å². The van der Waals surface area contributed by atoms with Crippen LogP contribution in [0.15, 0.2) is 54.6 Å². The van der Waals surface area contributed by atoms with E-state index in [-0.39, 0.29) is 0 Å². The molecule has 0 radical (unpaired) electrons. The number of aryl methyl sites for hydroxylation is 2. The number of carbonyl (C=O) groups is 1. The number of hydrogen-bond acceptors (Lipinski definition) is 6. The molecule has 0 saturated carbocycles. The van der Waals surface area contributed by atoms with E-state index in [1.54, 1.807) is 28.9 Å². The molecule has 0 fully saturated rings. The number of nitrogens with zero attached hydrogens (tertiary/aromatic N) is 3. The van der Waals surface area contributed by atoms with Crippen LogP contribution < -0.4 is 9.50 Å². The summed E-state index contributed by atoms with van der Waals surface area (Å²) in [7, 11) is 0. The third kappa shape index (κ3) is 10.1. The largest absolute Gasteiger partial charge is 0.380 e. The Hall–Kier alpha value is -3.50. The Morgan fingerprint density at radius 3 is 2.24 bits per heavy atom. The monoisotopic (exact) mass is 579 g/mol. The molecule has 4 rings (SSSR count). The van der Waals surface area contributed by atoms with E-state index in [2.05, 4.69) is 27.4 Å². The van der Waals surface area contributed by atoms with Crippen molar-refractivity contribution >= 4 is 28.6 Å². The molecule has 0 spiro atoms. The number of aromatic nitrogens is 4. The number of nitrogens with one attached hydrogen (secondary N) is 2. The minimum absolute atomic E-state index is 0.405. The van der Waals surface area contributed by atoms with E-state index in [9.17, 15) is 9.00 Å². The average molecular weight is 580 g/mol. The predicted octanol–water partition coefficient (Wildman–Crippen LogP) is 7.11. The molecule has 2 aromatic heterocycles. The maximum Gasteiger partial charge on any atom is 0.360 e. The smallest absolute Gasteiger partial charge is 0.360 e. The minimum atomic E-state index is -2.09. The van der Waals surface area contributed by atoms with Gasteiger partial charge in [-0.25, -0.2) is 9.17 Å². The number of aromatic amines is 1. The fourth-order valence-corrected chi connectivity index (χ4v) is 5.17. The molecule has 41 heavy (non-hydrogen) atoms. The minimum Gasteiger partial charge on any atom is -0.380 e. The summed E-state index contributed by atoms with van der Waals surface area (Å²) in [6, 6.07) is 16.6. The molecule has 9 nitrogen and oxygen atoms in total. The molecular formula is C31H41N5O4S. The van der Waals surface area contributed by atoms with E-state index in [0.29, 0.717) is 17.3 Å². The molecule has 1 unspecified atom stereocenters. The summed E-state index contributed by atoms with van der Waals surface area (Å²) < 4.78 is 24.2. The normalized spacial score (nSPS) is 12.0. The molecule has 4 aromatic rings. The molecule has 2 heterocycles. The number of fused-ring (bicyclic) bond motifs is 1. The van der Waals surface area contributed by atoms with Crippen LogP contribution in [0.1, 0.15) is 82.4 Å². The zero-order valence-electron chi connectivity index (χ0n) is 24.1. The van der Waals surface area contributed by atoms with Gasteiger partial charge in [0, 0.05) is 23.0 Å². The number of carbonyl (C=O) groups excluding carboxylic acids is 1. The molecule has 0 bridgehead atoms. The number of amides is 1. The van der Waals surface area contributed by atoms with Crippen LogP contribution in [0.3, 0.4) is 0 Å². The summed E-state index contributed by atoms with van der Waals surface area (Å²) in [6.45, 7) is 3.79. The molecule has 0 aliphatic heterocycles. The number of H-pyrrole nitrogens is 1. The molecule has 0 saturated heterocycles. The SMILES string of the molecule is CCCCCCCCCCCCc1ccc(OS(=O)OCC(=O)Nc2ccc(-c3nc4cc(C)[nH]n4n3)cc2)cc1. The van der Waals surface area contributed by atoms with Gasteiger partial charge < -0.3 is 9.50 Å². The summed E-state index contributed by atoms with van der Waals surface area (Å²) in [5, 5.41) is 10.2. The topological polar surface area (TPSA) is 111 Å². The Kier molecular flexibility index (Phi) is 11.9. The summed E-state index contributed by atoms with van der Waals surface area (Å²) in [4.78, 5) is 16.7. The molecular weight excluding hydrogens is 538 g/mol. The van der Waals surface area contributed by atoms with Crippen LogP contribution >= 0.6 is 0 Å². The summed E-state index contributed by atoms with van der Waals surface area (Å²) in [5.74, 6) is 0.577. The third-order valence-electron chi connectivity index (χ3n) is 6.88. The number of rotatable bonds is 18. The summed E-state index contributed by atoms with van der Waals surface area (Å²) >= 11 is -2.09. The van der Waals surface area contributed by atoms with Gasteiger partial charge in [-0.3, -0.25) is 9.89 Å². The first-order valence-corrected chi connectivity index (χ1v) is 15.6. The third-order valence-corrected chi connectivity index (χ3v) is 7.52. The number of benzene rings is 2. The zero-order valence-corrected chi connectivity index (χ0v) is 24.9. The second-order valence-electron chi connectivity index (χ2n) is 10.4. The van der Waals surface area contributed by atoms with Gasteiger partial charge in [-0.05, 0) is 61.7 Å². The lowest BCUT2D eigenvalue weighted by atomic mass is 10.0. The van der Waals surface area contributed by atoms with Crippen LogP contribution in [0.4, 0.5) is 5.69 Å². The van der Waals surface area contributed by atoms with E-state index in [4.69, 9.17) is 8.37 Å². The Morgan fingerprint density at radius 2 is 1.59 bits per heavy atom. The van der Waals surface area contributed by atoms with Crippen LogP contribution in [-0.2, 0) is 26.8 Å². The molecule has 0 aliphatic rings. The van der Waals surface area contributed by atoms with Gasteiger partial charge >= 0.3 is 11.4 Å². The molecule has 2 aromatic carbocycles. The maximum absolute atomic E-state index is 12.3. The van der Waals surface area contributed by atoms with Crippen molar-refractivity contribution in [2.45, 2.75) is 84.5 Å². The van der Waals surface area contributed by atoms with Gasteiger partial charge in [-0.15, -0.1) is 5.10 Å². The van der Waals surface area contributed by atoms with Crippen LogP contribution in [0.5, 0.6) is 5.75 Å². The molecule has 10 heteroatoms. The van der Waals surface area contributed by atoms with Gasteiger partial charge in [0.05, 0.1) is 0 Å². The molecule has 0 aliphatic carbocycles. The summed E-state index contributed by atoms with van der Waals surface area (Å²) in [6.07, 6.45) is 14.2. The number of unbranched alkanes of at least 4 members (excludes halogenated alkanes) is 9. The highest BCUT2D eigenvalue weighted by Gasteiger charge is 2.11. The second-order valence-corrected chi connectivity index (χ2v) is 11.2. The van der Waals surface area contributed by atoms with E-state index in [1.165, 1.54) is 69.8 Å². The fraction of sp³-hybridized carbons (Fsp3) is 0.452. The van der Waals surface area contributed by atoms with Crippen LogP contribution in [-0.4, -0.2) is 36.5 Å². The van der Waals surface area contributed by atoms with Gasteiger partial charge in [0.25, 0.3) is 5.91 Å². The lowest BCUT2D eigenvalue weighted by Gasteiger charge is -2.08. The van der Waals surface area contributed by atoms with Crippen molar-refractivity contribution in [1.29, 1.82) is 0 Å². The highest BCUT2D eigenvalue weighted by Crippen LogP contribution is 2.20. The molecule has 1 atom stereocenters. The fourth-order valence-electron chi connectivity index (χ4n) is 4.65. The van der Waals surface area contributed by atoms with E-state index in [1.807, 2.05) is 37.3 Å². The zero-order chi connectivity index (χ0) is 28.9. The van der Waals surface area contributed by atoms with Gasteiger partial charge in [0.1, 0.15) is 12.4 Å². The van der Waals surface area contributed by atoms with Gasteiger partial charge in [-0.1, -0.05) is 76.8 Å². The molecule has 220 valence electrons. The van der Waals surface area contributed by atoms with Crippen molar-refractivity contribution in [3.8, 4) is 17.1 Å². The first kappa shape index (κ1) is 30.5. The summed E-state index contributed by atoms with van der Waals surface area (Å²) in [5.41, 5.74) is 4.34. The van der Waals surface area contributed by atoms with Crippen molar-refractivity contribution in [2.24, 2.45) is 0 Å². The van der Waals surface area contributed by atoms with Crippen molar-refractivity contribution in [3.63, 3.8) is 0 Å². The van der Waals surface area contributed by atoms with Crippen molar-refractivity contribution in [3.05, 3.63) is 65.9 Å². The Bertz CT molecular complexity index is 1350.